The van der Waals surface area contributed by atoms with Gasteiger partial charge in [-0.25, -0.2) is 0 Å². The fourth-order valence-corrected chi connectivity index (χ4v) is 1.47. The van der Waals surface area contributed by atoms with Gasteiger partial charge < -0.3 is 0 Å². The molecule has 0 spiro atoms. The van der Waals surface area contributed by atoms with Crippen molar-refractivity contribution in [3.63, 3.8) is 0 Å². The molecule has 1 aliphatic rings. The van der Waals surface area contributed by atoms with Crippen LogP contribution in [0.15, 0.2) is 12.3 Å². The second kappa shape index (κ2) is 3.01. The van der Waals surface area contributed by atoms with Crippen LogP contribution in [-0.2, 0) is 6.42 Å². The van der Waals surface area contributed by atoms with Gasteiger partial charge in [0, 0.05) is 23.3 Å². The molecule has 5 heteroatoms. The van der Waals surface area contributed by atoms with E-state index in [-0.39, 0.29) is 4.92 Å². The van der Waals surface area contributed by atoms with Gasteiger partial charge in [-0.15, -0.1) is 0 Å². The minimum absolute atomic E-state index is 0.230. The van der Waals surface area contributed by atoms with Crippen molar-refractivity contribution in [3.8, 4) is 0 Å². The van der Waals surface area contributed by atoms with E-state index in [1.165, 1.54) is 0 Å². The van der Waals surface area contributed by atoms with Gasteiger partial charge in [0.15, 0.2) is 0 Å². The lowest BCUT2D eigenvalue weighted by molar-refractivity contribution is -0.521. The molecule has 1 atom stereocenters. The average Bonchev–Trinajstić information content (AvgIpc) is 2.42. The van der Waals surface area contributed by atoms with Crippen LogP contribution in [0.2, 0.25) is 0 Å². The smallest absolute Gasteiger partial charge is 0.220 e. The maximum absolute atomic E-state index is 10.6. The summed E-state index contributed by atoms with van der Waals surface area (Å²) in [5.41, 5.74) is 1.82. The zero-order valence-corrected chi connectivity index (χ0v) is 6.93. The van der Waals surface area contributed by atoms with Crippen LogP contribution in [0, 0.1) is 10.1 Å². The highest BCUT2D eigenvalue weighted by Gasteiger charge is 2.23. The predicted molar refractivity (Wildman–Crippen MR) is 46.7 cm³/mol. The SMILES string of the molecule is O=[N+]([O-])C1CC=Cc2[nH]ncc2C1. The number of rotatable bonds is 1. The molecule has 0 aromatic carbocycles. The van der Waals surface area contributed by atoms with Gasteiger partial charge in [0.05, 0.1) is 11.9 Å². The van der Waals surface area contributed by atoms with E-state index in [1.807, 2.05) is 12.2 Å². The van der Waals surface area contributed by atoms with Gasteiger partial charge >= 0.3 is 0 Å². The lowest BCUT2D eigenvalue weighted by Gasteiger charge is -2.03. The highest BCUT2D eigenvalue weighted by Crippen LogP contribution is 2.17. The number of H-pyrrole nitrogens is 1. The van der Waals surface area contributed by atoms with Crippen LogP contribution in [0.5, 0.6) is 0 Å². The number of nitrogens with one attached hydrogen (secondary N) is 1. The van der Waals surface area contributed by atoms with E-state index in [4.69, 9.17) is 0 Å². The van der Waals surface area contributed by atoms with Gasteiger partial charge in [-0.05, 0) is 6.08 Å². The largest absolute Gasteiger partial charge is 0.278 e. The lowest BCUT2D eigenvalue weighted by atomic mass is 10.1. The summed E-state index contributed by atoms with van der Waals surface area (Å²) in [6, 6.07) is -0.505. The third-order valence-corrected chi connectivity index (χ3v) is 2.20. The molecule has 1 aromatic rings. The summed E-state index contributed by atoms with van der Waals surface area (Å²) >= 11 is 0. The van der Waals surface area contributed by atoms with Crippen molar-refractivity contribution in [2.45, 2.75) is 18.9 Å². The van der Waals surface area contributed by atoms with Crippen molar-refractivity contribution >= 4 is 6.08 Å². The monoisotopic (exact) mass is 179 g/mol. The molecule has 0 aliphatic heterocycles. The number of hydrogen-bond donors (Lipinski definition) is 1. The fourth-order valence-electron chi connectivity index (χ4n) is 1.47. The van der Waals surface area contributed by atoms with Crippen molar-refractivity contribution in [2.75, 3.05) is 0 Å². The first kappa shape index (κ1) is 7.97. The van der Waals surface area contributed by atoms with Gasteiger partial charge in [-0.2, -0.15) is 5.10 Å². The first-order valence-corrected chi connectivity index (χ1v) is 4.09. The van der Waals surface area contributed by atoms with Gasteiger partial charge in [-0.1, -0.05) is 6.08 Å². The van der Waals surface area contributed by atoms with Crippen molar-refractivity contribution in [2.24, 2.45) is 0 Å². The predicted octanol–water partition coefficient (Wildman–Crippen LogP) is 1.01. The van der Waals surface area contributed by atoms with Crippen LogP contribution < -0.4 is 0 Å². The minimum atomic E-state index is -0.505. The summed E-state index contributed by atoms with van der Waals surface area (Å²) in [6.45, 7) is 0. The Morgan fingerprint density at radius 1 is 1.69 bits per heavy atom. The van der Waals surface area contributed by atoms with Crippen molar-refractivity contribution in [3.05, 3.63) is 33.6 Å². The van der Waals surface area contributed by atoms with Crippen LogP contribution in [0.4, 0.5) is 0 Å². The molecule has 1 heterocycles. The van der Waals surface area contributed by atoms with Crippen LogP contribution in [0.1, 0.15) is 17.7 Å². The lowest BCUT2D eigenvalue weighted by Crippen LogP contribution is -2.20. The quantitative estimate of drug-likeness (QED) is 0.516. The summed E-state index contributed by atoms with van der Waals surface area (Å²) < 4.78 is 0. The Balaban J connectivity index is 2.29. The number of hydrogen-bond acceptors (Lipinski definition) is 3. The molecular formula is C8H9N3O2. The van der Waals surface area contributed by atoms with E-state index in [2.05, 4.69) is 10.2 Å². The van der Waals surface area contributed by atoms with E-state index >= 15 is 0 Å². The average molecular weight is 179 g/mol. The summed E-state index contributed by atoms with van der Waals surface area (Å²) in [7, 11) is 0. The Morgan fingerprint density at radius 3 is 3.31 bits per heavy atom. The fraction of sp³-hybridized carbons (Fsp3) is 0.375. The minimum Gasteiger partial charge on any atom is -0.278 e. The molecule has 1 aromatic heterocycles. The van der Waals surface area contributed by atoms with Crippen LogP contribution in [-0.4, -0.2) is 21.2 Å². The van der Waals surface area contributed by atoms with E-state index in [0.29, 0.717) is 12.8 Å². The third-order valence-electron chi connectivity index (χ3n) is 2.20. The summed E-state index contributed by atoms with van der Waals surface area (Å²) in [6.07, 6.45) is 6.28. The van der Waals surface area contributed by atoms with E-state index in [9.17, 15) is 10.1 Å². The second-order valence-electron chi connectivity index (χ2n) is 3.09. The van der Waals surface area contributed by atoms with E-state index in [0.717, 1.165) is 11.3 Å². The molecule has 2 rings (SSSR count). The Bertz CT molecular complexity index is 356. The highest BCUT2D eigenvalue weighted by atomic mass is 16.6. The molecule has 1 N–H and O–H groups in total. The molecule has 68 valence electrons. The number of aromatic amines is 1. The zero-order valence-electron chi connectivity index (χ0n) is 6.93. The first-order chi connectivity index (χ1) is 6.27. The summed E-state index contributed by atoms with van der Waals surface area (Å²) in [4.78, 5) is 10.4. The van der Waals surface area contributed by atoms with E-state index in [1.54, 1.807) is 6.20 Å². The van der Waals surface area contributed by atoms with Crippen LogP contribution in [0.3, 0.4) is 0 Å². The Hall–Kier alpha value is -1.65. The summed E-state index contributed by atoms with van der Waals surface area (Å²) in [5.74, 6) is 0. The van der Waals surface area contributed by atoms with Crippen LogP contribution in [0.25, 0.3) is 6.08 Å². The van der Waals surface area contributed by atoms with Gasteiger partial charge in [0.2, 0.25) is 6.04 Å². The third kappa shape index (κ3) is 1.44. The normalized spacial score (nSPS) is 20.8. The Labute approximate surface area is 74.6 Å². The molecule has 0 saturated heterocycles. The van der Waals surface area contributed by atoms with Gasteiger partial charge in [0.1, 0.15) is 0 Å². The molecule has 0 amide bonds. The molecular weight excluding hydrogens is 170 g/mol. The first-order valence-electron chi connectivity index (χ1n) is 4.09. The maximum atomic E-state index is 10.6. The second-order valence-corrected chi connectivity index (χ2v) is 3.09. The Morgan fingerprint density at radius 2 is 2.54 bits per heavy atom. The number of aromatic nitrogens is 2. The molecule has 13 heavy (non-hydrogen) atoms. The summed E-state index contributed by atoms with van der Waals surface area (Å²) in [5, 5.41) is 17.2. The molecule has 0 fully saturated rings. The molecule has 5 nitrogen and oxygen atoms in total. The zero-order chi connectivity index (χ0) is 9.26. The highest BCUT2D eigenvalue weighted by molar-refractivity contribution is 5.49. The molecule has 0 saturated carbocycles. The number of nitrogens with zero attached hydrogens (tertiary/aromatic N) is 2. The van der Waals surface area contributed by atoms with Crippen molar-refractivity contribution in [1.29, 1.82) is 0 Å². The van der Waals surface area contributed by atoms with Gasteiger partial charge in [0.25, 0.3) is 0 Å². The molecule has 1 unspecified atom stereocenters. The Kier molecular flexibility index (Phi) is 1.84. The number of nitro groups is 1. The molecule has 0 radical (unpaired) electrons. The van der Waals surface area contributed by atoms with Gasteiger partial charge in [-0.3, -0.25) is 15.2 Å². The van der Waals surface area contributed by atoms with Crippen LogP contribution >= 0.6 is 0 Å². The standard InChI is InChI=1S/C8H9N3O2/c12-11(13)7-2-1-3-8-6(4-7)5-9-10-8/h1,3,5,7H,2,4H2,(H,9,10). The maximum Gasteiger partial charge on any atom is 0.220 e. The van der Waals surface area contributed by atoms with E-state index < -0.39 is 6.04 Å². The molecule has 1 aliphatic carbocycles. The topological polar surface area (TPSA) is 71.8 Å². The van der Waals surface area contributed by atoms with Crippen molar-refractivity contribution < 1.29 is 4.92 Å². The van der Waals surface area contributed by atoms with Crippen molar-refractivity contribution in [1.82, 2.24) is 10.2 Å². The molecule has 0 bridgehead atoms. The number of fused-ring (bicyclic) bond motifs is 1.